The molecule has 4 amide bonds. The highest BCUT2D eigenvalue weighted by molar-refractivity contribution is 9.09. The summed E-state index contributed by atoms with van der Waals surface area (Å²) in [6.45, 7) is 11.0. The third-order valence-electron chi connectivity index (χ3n) is 24.2. The zero-order valence-electron chi connectivity index (χ0n) is 71.1. The summed E-state index contributed by atoms with van der Waals surface area (Å²) < 4.78 is 125. The number of anilines is 2. The Bertz CT molecular complexity index is 6230. The van der Waals surface area contributed by atoms with Crippen molar-refractivity contribution in [3.8, 4) is 0 Å². The fourth-order valence-electron chi connectivity index (χ4n) is 17.3. The van der Waals surface area contributed by atoms with Crippen LogP contribution in [0.15, 0.2) is 189 Å². The number of esters is 2. The van der Waals surface area contributed by atoms with Crippen molar-refractivity contribution in [3.63, 3.8) is 0 Å². The quantitative estimate of drug-likeness (QED) is 0.0194. The molecule has 16 rings (SSSR count). The van der Waals surface area contributed by atoms with Gasteiger partial charge in [0.1, 0.15) is 11.4 Å². The average Bonchev–Trinajstić information content (AvgIpc) is 1.36. The van der Waals surface area contributed by atoms with Gasteiger partial charge in [0, 0.05) is 97.5 Å². The molecule has 40 heteroatoms. The molecule has 4 saturated heterocycles. The van der Waals surface area contributed by atoms with E-state index >= 15 is 0 Å². The number of alkyl halides is 10. The van der Waals surface area contributed by atoms with Crippen LogP contribution >= 0.6 is 27.5 Å². The van der Waals surface area contributed by atoms with E-state index in [0.29, 0.717) is 38.0 Å². The van der Waals surface area contributed by atoms with Crippen molar-refractivity contribution in [3.05, 3.63) is 254 Å². The second-order valence-corrected chi connectivity index (χ2v) is 34.2. The summed E-state index contributed by atoms with van der Waals surface area (Å²) in [6, 6.07) is 52.4. The molecule has 0 spiro atoms. The summed E-state index contributed by atoms with van der Waals surface area (Å²) in [5.74, 6) is -9.13. The van der Waals surface area contributed by atoms with Gasteiger partial charge in [0.05, 0.1) is 45.1 Å². The van der Waals surface area contributed by atoms with Crippen LogP contribution < -0.4 is 32.5 Å². The van der Waals surface area contributed by atoms with Crippen LogP contribution in [0.2, 0.25) is 0 Å². The third-order valence-corrected chi connectivity index (χ3v) is 25.1. The number of amides is 4. The number of rotatable bonds is 12. The van der Waals surface area contributed by atoms with Crippen molar-refractivity contribution in [2.75, 3.05) is 75.8 Å². The number of fused-ring (bicyclic) bond motifs is 2. The Morgan fingerprint density at radius 1 is 0.464 bits per heavy atom. The lowest BCUT2D eigenvalue weighted by Crippen LogP contribution is -2.59. The second kappa shape index (κ2) is 51.5. The predicted octanol–water partition coefficient (Wildman–Crippen LogP) is 21.4. The first kappa shape index (κ1) is 125. The van der Waals surface area contributed by atoms with E-state index in [1.54, 1.807) is 61.7 Å². The lowest BCUT2D eigenvalue weighted by molar-refractivity contribution is -0.384. The van der Waals surface area contributed by atoms with Gasteiger partial charge >= 0.3 is 81.6 Å². The Labute approximate surface area is 822 Å². The summed E-state index contributed by atoms with van der Waals surface area (Å²) in [5, 5.41) is 30.0. The van der Waals surface area contributed by atoms with E-state index in [2.05, 4.69) is 121 Å². The number of nitro groups is 2. The first-order chi connectivity index (χ1) is 61.3. The van der Waals surface area contributed by atoms with Gasteiger partial charge in [-0.1, -0.05) is 212 Å². The molecule has 4 fully saturated rings. The monoisotopic (exact) mass is 2060 g/mol. The molecule has 6 aliphatic rings. The van der Waals surface area contributed by atoms with Gasteiger partial charge < -0.3 is 39.5 Å². The fraction of sp³-hybridized carbons (Fsp3) is 0.450. The summed E-state index contributed by atoms with van der Waals surface area (Å²) >= 11 is 8.41. The van der Waals surface area contributed by atoms with Crippen molar-refractivity contribution < 1.29 is 92.4 Å². The topological polar surface area (TPSA) is 362 Å². The lowest BCUT2D eigenvalue weighted by atomic mass is 9.86. The summed E-state index contributed by atoms with van der Waals surface area (Å²) in [5.41, 5.74) is 2.24. The minimum Gasteiger partial charge on any atom is -0.459 e. The molecule has 6 heterocycles. The maximum atomic E-state index is 12.9. The van der Waals surface area contributed by atoms with E-state index in [-0.39, 0.29) is 182 Å². The molecule has 0 saturated carbocycles. The molecule has 2 aromatic heterocycles. The zero-order chi connectivity index (χ0) is 94.9. The Balaban J connectivity index is 0.000000856. The number of nitrogens with zero attached hydrogens (tertiary/aromatic N) is 9. The SMILES string of the molecule is BrC1Cc2cccc3cccc1c23.C.C.C.C.C.C.C.C.C.C.CC1(Nc2ccccc2[N+](=O)[O-])CCN(C(=O)C(F)(F)F)CC1.CC1(n2c(=O)c(=O)[nH]c3ccccc32)CCN(C(=O)C(F)(F)F)CC1.CC1(n2c(=O)c(=O)[nH]c3ccccc32)CCN(C2Cc3cccc4cccc2c34)CC1.CCOC(=O)C(=O)Cl.CCOC(=O)C(=O)N(c1ccccc1[N+](=O)[O-])C1(C)CCN(C(=O)C(F)(F)F)CC1. The maximum absolute atomic E-state index is 12.9. The Morgan fingerprint density at radius 2 is 0.821 bits per heavy atom. The van der Waals surface area contributed by atoms with Crippen LogP contribution in [0, 0.1) is 20.2 Å². The van der Waals surface area contributed by atoms with Crippen LogP contribution in [0.1, 0.15) is 200 Å². The standard InChI is InChI=1S/C26H25N3O2.C18H20F3N3O6.C16H16F3N3O3.C14H16F3N3O3.C12H9Br.C4H5ClO3.10CH4/c1-26(29-21-11-3-2-10-20(21)27-24(30)25(29)31)12-14-28(15-13-26)22-16-18-8-4-6-17-7-5-9-19(22)23(17)18;1-3-30-15(26)14(25)23(12-6-4-5-7-13(12)24(28)29)17(2)8-10-22(11-9-17)16(27)18(19,20)21;1-15(6-8-21(9-7-15)14(25)16(17,18)19)22-11-5-3-2-4-10(11)20-12(23)13(22)24;1-13(18-10-4-2-3-5-11(10)20(22)23)6-8-19(9-7-13)12(21)14(15,16)17;13-11-7-9-5-1-3-8-4-2-6-10(11)12(8)9;1-2-8-4(7)3(5)6;;;;;;;;;;/h2-11,22H,12-16H2,1H3,(H,27,30);4-7H,3,8-11H2,1-2H3;2-5H,6-9H2,1H3,(H,20,23);2-5,18H,6-9H2,1H3;1-6,11H,7H2;2H2,1H3;10*1H4. The van der Waals surface area contributed by atoms with Gasteiger partial charge in [-0.2, -0.15) is 39.5 Å². The molecule has 8 aromatic carbocycles. The number of halogens is 11. The Morgan fingerprint density at radius 3 is 1.24 bits per heavy atom. The second-order valence-electron chi connectivity index (χ2n) is 32.8. The highest BCUT2D eigenvalue weighted by Crippen LogP contribution is 2.46. The van der Waals surface area contributed by atoms with Gasteiger partial charge in [-0.3, -0.25) is 82.3 Å². The number of hydrogen-bond acceptors (Lipinski definition) is 19. The number of nitro benzene ring substituents is 2. The fourth-order valence-corrected chi connectivity index (χ4v) is 18.1. The van der Waals surface area contributed by atoms with Crippen LogP contribution in [0.3, 0.4) is 0 Å². The van der Waals surface area contributed by atoms with Crippen LogP contribution in [-0.4, -0.2) is 185 Å². The molecule has 140 heavy (non-hydrogen) atoms. The number of para-hydroxylation sites is 8. The van der Waals surface area contributed by atoms with E-state index in [0.717, 1.165) is 65.1 Å². The minimum atomic E-state index is -5.04. The van der Waals surface area contributed by atoms with Gasteiger partial charge in [0.2, 0.25) is 0 Å². The number of carbonyl (C=O) groups is 7. The van der Waals surface area contributed by atoms with Gasteiger partial charge in [-0.25, -0.2) is 9.59 Å². The van der Waals surface area contributed by atoms with E-state index in [9.17, 15) is 112 Å². The molecule has 2 unspecified atom stereocenters. The number of likely N-dealkylation sites (tertiary alicyclic amines) is 4. The number of carbonyl (C=O) groups excluding carboxylic acids is 7. The van der Waals surface area contributed by atoms with Crippen LogP contribution in [0.4, 0.5) is 62.3 Å². The van der Waals surface area contributed by atoms with E-state index in [1.807, 2.05) is 24.3 Å². The van der Waals surface area contributed by atoms with Crippen molar-refractivity contribution in [2.24, 2.45) is 0 Å². The number of hydrogen-bond donors (Lipinski definition) is 3. The van der Waals surface area contributed by atoms with Crippen LogP contribution in [-0.2, 0) is 67.0 Å². The van der Waals surface area contributed by atoms with Gasteiger partial charge in [-0.05, 0) is 198 Å². The lowest BCUT2D eigenvalue weighted by Gasteiger charge is -2.45. The molecule has 2 aliphatic carbocycles. The first-order valence-corrected chi connectivity index (χ1v) is 42.7. The Kier molecular flexibility index (Phi) is 46.1. The zero-order valence-corrected chi connectivity index (χ0v) is 73.4. The predicted molar refractivity (Wildman–Crippen MR) is 537 cm³/mol. The smallest absolute Gasteiger partial charge is 0.459 e. The molecule has 4 aliphatic heterocycles. The number of ether oxygens (including phenoxy) is 2. The number of benzene rings is 8. The third kappa shape index (κ3) is 28.2. The molecule has 0 radical (unpaired) electrons. The van der Waals surface area contributed by atoms with Crippen LogP contribution in [0.25, 0.3) is 43.6 Å². The first-order valence-electron chi connectivity index (χ1n) is 41.4. The number of piperidine rings is 4. The molecular weight excluding hydrogens is 1930 g/mol. The van der Waals surface area contributed by atoms with E-state index in [1.165, 1.54) is 92.5 Å². The molecule has 0 bridgehead atoms. The van der Waals surface area contributed by atoms with E-state index in [4.69, 9.17) is 16.3 Å². The van der Waals surface area contributed by atoms with Gasteiger partial charge in [0.25, 0.3) is 11.4 Å². The number of aromatic amines is 2. The number of nitrogens with one attached hydrogen (secondary N) is 3. The average molecular weight is 2060 g/mol. The molecular formula is C100H131BrClF9N12O17. The van der Waals surface area contributed by atoms with E-state index < -0.39 is 114 Å². The van der Waals surface area contributed by atoms with Crippen LogP contribution in [0.5, 0.6) is 0 Å². The van der Waals surface area contributed by atoms with Crippen molar-refractivity contribution in [2.45, 2.75) is 232 Å². The maximum Gasteiger partial charge on any atom is 0.471 e. The highest BCUT2D eigenvalue weighted by atomic mass is 79.9. The highest BCUT2D eigenvalue weighted by Gasteiger charge is 2.51. The molecule has 10 aromatic rings. The van der Waals surface area contributed by atoms with Crippen molar-refractivity contribution in [1.82, 2.24) is 38.7 Å². The van der Waals surface area contributed by atoms with Crippen molar-refractivity contribution in [1.29, 1.82) is 0 Å². The Hall–Kier alpha value is -12.7. The van der Waals surface area contributed by atoms with Crippen molar-refractivity contribution >= 4 is 135 Å². The normalized spacial score (nSPS) is 16.3. The summed E-state index contributed by atoms with van der Waals surface area (Å²) in [7, 11) is 0. The largest absolute Gasteiger partial charge is 0.471 e. The molecule has 2 atom stereocenters. The molecule has 3 N–H and O–H groups in total. The number of H-pyrrole nitrogens is 2. The summed E-state index contributed by atoms with van der Waals surface area (Å²) in [4.78, 5) is 161. The number of aromatic nitrogens is 4. The molecule has 29 nitrogen and oxygen atoms in total. The van der Waals surface area contributed by atoms with Gasteiger partial charge in [-0.15, -0.1) is 0 Å². The molecule has 770 valence electrons. The summed E-state index contributed by atoms with van der Waals surface area (Å²) in [6.07, 6.45) is -10.4. The minimum absolute atomic E-state index is 0. The van der Waals surface area contributed by atoms with Gasteiger partial charge in [0.15, 0.2) is 0 Å².